The molecule has 16 nitrogen and oxygen atoms in total. The van der Waals surface area contributed by atoms with Gasteiger partial charge in [0.05, 0.1) is 38.2 Å². The number of imidazole rings is 2. The highest BCUT2D eigenvalue weighted by Crippen LogP contribution is 2.63. The Morgan fingerprint density at radius 2 is 1.33 bits per heavy atom. The number of carbonyl (C=O) groups excluding carboxylic acids is 2. The number of anilines is 2. The van der Waals surface area contributed by atoms with Gasteiger partial charge in [-0.25, -0.2) is 14.8 Å². The van der Waals surface area contributed by atoms with Gasteiger partial charge < -0.3 is 35.7 Å². The normalized spacial score (nSPS) is 21.2. The molecule has 4 aliphatic rings. The van der Waals surface area contributed by atoms with Gasteiger partial charge in [-0.2, -0.15) is 0 Å². The lowest BCUT2D eigenvalue weighted by molar-refractivity contribution is -0.148. The van der Waals surface area contributed by atoms with E-state index in [2.05, 4.69) is 20.5 Å². The van der Waals surface area contributed by atoms with Crippen molar-refractivity contribution in [2.24, 2.45) is 30.7 Å². The number of nitrogens with zero attached hydrogens (tertiary/aromatic N) is 6. The van der Waals surface area contributed by atoms with Gasteiger partial charge in [-0.15, -0.1) is 0 Å². The summed E-state index contributed by atoms with van der Waals surface area (Å²) in [5.74, 6) is -2.43. The Balaban J connectivity index is 0.922. The molecule has 2 aliphatic carbocycles. The smallest absolute Gasteiger partial charge is 0.353 e. The number of nitrogens with two attached hydrogens (primary N) is 1. The van der Waals surface area contributed by atoms with Crippen LogP contribution in [0.2, 0.25) is 10.0 Å². The Kier molecular flexibility index (Phi) is 11.3. The zero-order chi connectivity index (χ0) is 43.4. The molecule has 4 heterocycles. The molecule has 2 amide bonds. The summed E-state index contributed by atoms with van der Waals surface area (Å²) in [4.78, 5) is 64.2. The van der Waals surface area contributed by atoms with Crippen LogP contribution < -0.4 is 16.4 Å². The number of rotatable bonds is 13. The lowest BCUT2D eigenvalue weighted by Crippen LogP contribution is -2.34. The first-order valence-corrected chi connectivity index (χ1v) is 21.1. The first kappa shape index (κ1) is 42.2. The molecule has 320 valence electrons. The zero-order valence-corrected chi connectivity index (χ0v) is 35.5. The van der Waals surface area contributed by atoms with Crippen LogP contribution in [0.5, 0.6) is 0 Å². The molecule has 0 radical (unpaired) electrons. The molecule has 0 saturated heterocycles. The minimum atomic E-state index is -1.36. The number of halogens is 2. The second-order valence-corrected chi connectivity index (χ2v) is 17.7. The minimum Gasteiger partial charge on any atom is -0.481 e. The van der Waals surface area contributed by atoms with E-state index >= 15 is 0 Å². The van der Waals surface area contributed by atoms with Crippen LogP contribution in [-0.4, -0.2) is 94.8 Å². The van der Waals surface area contributed by atoms with Crippen molar-refractivity contribution in [3.8, 4) is 11.1 Å². The van der Waals surface area contributed by atoms with Gasteiger partial charge in [0.1, 0.15) is 5.71 Å². The van der Waals surface area contributed by atoms with E-state index in [-0.39, 0.29) is 39.4 Å². The molecular weight excluding hydrogens is 823 g/mol. The Bertz CT molecular complexity index is 2520. The van der Waals surface area contributed by atoms with Crippen molar-refractivity contribution >= 4 is 64.0 Å². The number of benzene rings is 2. The standard InChI is InChI=1S/C43H48Cl2N10O6/c1-52-32-9-16-54(18-15-42-11-13-43(23-42,14-12-42)41(60)61)21-30(32)48-36(52)38(56)50-28-7-3-5-25(34(28)44)26-6-4-8-29(35(26)45)51-39(57)37-49-31-22-55(17-10-33(31)53(37)2)20-24(46)19-27(47)40(58)59/h3-8,19,47H,9-18,20-23,46H2,1-2H3,(H,50,56)(H,51,57)(H,58,59)(H,60,61)/b24-19-,47-27?. The summed E-state index contributed by atoms with van der Waals surface area (Å²) in [5, 5.41) is 32.7. The number of hydrogen-bond donors (Lipinski definition) is 6. The van der Waals surface area contributed by atoms with E-state index in [0.29, 0.717) is 54.3 Å². The number of aromatic nitrogens is 4. The summed E-state index contributed by atoms with van der Waals surface area (Å²) in [6.45, 7) is 3.56. The predicted molar refractivity (Wildman–Crippen MR) is 230 cm³/mol. The van der Waals surface area contributed by atoms with Crippen LogP contribution >= 0.6 is 23.2 Å². The van der Waals surface area contributed by atoms with Gasteiger partial charge >= 0.3 is 11.9 Å². The number of amides is 2. The van der Waals surface area contributed by atoms with Gasteiger partial charge in [-0.3, -0.25) is 29.6 Å². The number of carboxylic acids is 2. The summed E-state index contributed by atoms with van der Waals surface area (Å²) in [6, 6.07) is 10.4. The van der Waals surface area contributed by atoms with E-state index in [4.69, 9.17) is 44.4 Å². The summed E-state index contributed by atoms with van der Waals surface area (Å²) in [5.41, 5.74) is 10.5. The minimum absolute atomic E-state index is 0.113. The van der Waals surface area contributed by atoms with E-state index < -0.39 is 34.9 Å². The lowest BCUT2D eigenvalue weighted by Gasteiger charge is -2.32. The van der Waals surface area contributed by atoms with Crippen LogP contribution in [0.25, 0.3) is 11.1 Å². The summed E-state index contributed by atoms with van der Waals surface area (Å²) in [7, 11) is 3.62. The fourth-order valence-electron chi connectivity index (χ4n) is 9.83. The van der Waals surface area contributed by atoms with Crippen molar-refractivity contribution in [3.63, 3.8) is 0 Å². The van der Waals surface area contributed by atoms with Crippen LogP contribution in [0.15, 0.2) is 48.2 Å². The molecule has 7 N–H and O–H groups in total. The molecule has 2 fully saturated rings. The largest absolute Gasteiger partial charge is 0.481 e. The molecule has 0 unspecified atom stereocenters. The Hall–Kier alpha value is -5.55. The second kappa shape index (κ2) is 16.4. The molecule has 61 heavy (non-hydrogen) atoms. The quantitative estimate of drug-likeness (QED) is 0.0892. The van der Waals surface area contributed by atoms with Crippen molar-refractivity contribution in [1.82, 2.24) is 28.9 Å². The van der Waals surface area contributed by atoms with Crippen LogP contribution in [0, 0.1) is 16.2 Å². The molecule has 2 aromatic carbocycles. The lowest BCUT2D eigenvalue weighted by atomic mass is 9.80. The average Bonchev–Trinajstić information content (AvgIpc) is 3.99. The maximum Gasteiger partial charge on any atom is 0.353 e. The van der Waals surface area contributed by atoms with Crippen LogP contribution in [0.4, 0.5) is 11.4 Å². The number of carbonyl (C=O) groups is 4. The number of aliphatic carboxylic acids is 2. The maximum absolute atomic E-state index is 13.8. The van der Waals surface area contributed by atoms with Crippen LogP contribution in [-0.2, 0) is 49.6 Å². The van der Waals surface area contributed by atoms with Crippen molar-refractivity contribution in [3.05, 3.63) is 92.6 Å². The first-order valence-electron chi connectivity index (χ1n) is 20.3. The van der Waals surface area contributed by atoms with Crippen molar-refractivity contribution in [2.75, 3.05) is 36.8 Å². The Morgan fingerprint density at radius 3 is 1.82 bits per heavy atom. The molecule has 2 saturated carbocycles. The van der Waals surface area contributed by atoms with Crippen molar-refractivity contribution in [1.29, 1.82) is 5.41 Å². The van der Waals surface area contributed by atoms with Gasteiger partial charge in [-0.1, -0.05) is 47.5 Å². The van der Waals surface area contributed by atoms with E-state index in [1.165, 1.54) is 0 Å². The van der Waals surface area contributed by atoms with Gasteiger partial charge in [0.2, 0.25) is 0 Å². The van der Waals surface area contributed by atoms with E-state index in [1.54, 1.807) is 48.0 Å². The van der Waals surface area contributed by atoms with Gasteiger partial charge in [0.15, 0.2) is 11.6 Å². The predicted octanol–water partition coefficient (Wildman–Crippen LogP) is 5.72. The SMILES string of the molecule is Cn1c(C(=O)Nc2cccc(-c3cccc(NC(=O)c4nc5c(n4C)CCN(C/C(N)=C/C(=N)C(=O)O)C5)c3Cl)c2Cl)nc2c1CCN(CCC13CCC(C(=O)O)(CC1)C3)C2. The van der Waals surface area contributed by atoms with Crippen molar-refractivity contribution in [2.45, 2.75) is 64.5 Å². The van der Waals surface area contributed by atoms with Crippen LogP contribution in [0.3, 0.4) is 0 Å². The highest BCUT2D eigenvalue weighted by Gasteiger charge is 2.57. The third-order valence-electron chi connectivity index (χ3n) is 13.2. The molecule has 2 aromatic heterocycles. The molecule has 2 aliphatic heterocycles. The summed E-state index contributed by atoms with van der Waals surface area (Å²) in [6.07, 6.45) is 7.71. The molecule has 0 spiro atoms. The monoisotopic (exact) mass is 870 g/mol. The molecule has 18 heteroatoms. The summed E-state index contributed by atoms with van der Waals surface area (Å²) >= 11 is 13.9. The molecule has 8 rings (SSSR count). The molecule has 0 atom stereocenters. The second-order valence-electron chi connectivity index (χ2n) is 17.0. The highest BCUT2D eigenvalue weighted by atomic mass is 35.5. The van der Waals surface area contributed by atoms with E-state index in [0.717, 1.165) is 81.2 Å². The number of fused-ring (bicyclic) bond motifs is 4. The fraction of sp³-hybridized carbons (Fsp3) is 0.419. The number of hydrogen-bond acceptors (Lipinski definition) is 10. The highest BCUT2D eigenvalue weighted by molar-refractivity contribution is 6.40. The third kappa shape index (κ3) is 8.05. The van der Waals surface area contributed by atoms with E-state index in [9.17, 15) is 24.3 Å². The Labute approximate surface area is 362 Å². The maximum atomic E-state index is 13.8. The first-order chi connectivity index (χ1) is 29.1. The summed E-state index contributed by atoms with van der Waals surface area (Å²) < 4.78 is 3.59. The van der Waals surface area contributed by atoms with Crippen molar-refractivity contribution < 1.29 is 29.4 Å². The average molecular weight is 872 g/mol. The number of nitrogens with one attached hydrogen (secondary N) is 3. The topological polar surface area (TPSA) is 225 Å². The van der Waals surface area contributed by atoms with E-state index in [1.807, 2.05) is 16.5 Å². The fourth-order valence-corrected chi connectivity index (χ4v) is 10.4. The van der Waals surface area contributed by atoms with Crippen LogP contribution in [0.1, 0.15) is 82.5 Å². The van der Waals surface area contributed by atoms with Gasteiger partial charge in [0, 0.05) is 87.9 Å². The zero-order valence-electron chi connectivity index (χ0n) is 34.0. The Morgan fingerprint density at radius 1 is 0.820 bits per heavy atom. The molecular formula is C43H48Cl2N10O6. The molecule has 2 bridgehead atoms. The number of carboxylic acid groups (broad SMARTS) is 2. The third-order valence-corrected chi connectivity index (χ3v) is 14.0. The molecule has 4 aromatic rings. The van der Waals surface area contributed by atoms with Gasteiger partial charge in [0.25, 0.3) is 11.8 Å². The van der Waals surface area contributed by atoms with Gasteiger partial charge in [-0.05, 0) is 68.7 Å².